The summed E-state index contributed by atoms with van der Waals surface area (Å²) in [6, 6.07) is 17.4. The highest BCUT2D eigenvalue weighted by atomic mass is 19.1. The number of hydrogen-bond acceptors (Lipinski definition) is 4. The number of benzene rings is 2. The van der Waals surface area contributed by atoms with Crippen molar-refractivity contribution >= 4 is 5.91 Å². The molecule has 1 aliphatic heterocycles. The molecule has 2 heterocycles. The van der Waals surface area contributed by atoms with E-state index in [1.807, 2.05) is 37.3 Å². The highest BCUT2D eigenvalue weighted by Gasteiger charge is 2.35. The van der Waals surface area contributed by atoms with E-state index in [1.165, 1.54) is 23.0 Å². The first-order valence-electron chi connectivity index (χ1n) is 11.2. The number of rotatable bonds is 6. The fourth-order valence-corrected chi connectivity index (χ4v) is 4.35. The van der Waals surface area contributed by atoms with Gasteiger partial charge >= 0.3 is 0 Å². The molecule has 0 spiro atoms. The lowest BCUT2D eigenvalue weighted by atomic mass is 9.90. The number of carbonyl (C=O) groups is 1. The van der Waals surface area contributed by atoms with Crippen LogP contribution in [0.1, 0.15) is 25.3 Å². The van der Waals surface area contributed by atoms with E-state index in [9.17, 15) is 19.1 Å². The van der Waals surface area contributed by atoms with Gasteiger partial charge in [0.1, 0.15) is 5.82 Å². The summed E-state index contributed by atoms with van der Waals surface area (Å²) in [5, 5.41) is 11.1. The largest absolute Gasteiger partial charge is 0.388 e. The van der Waals surface area contributed by atoms with Gasteiger partial charge in [-0.3, -0.25) is 14.2 Å². The highest BCUT2D eigenvalue weighted by molar-refractivity contribution is 5.79. The first-order chi connectivity index (χ1) is 15.8. The molecule has 3 aromatic rings. The molecule has 0 radical (unpaired) electrons. The summed E-state index contributed by atoms with van der Waals surface area (Å²) >= 11 is 0. The van der Waals surface area contributed by atoms with Crippen molar-refractivity contribution in [3.8, 4) is 11.3 Å². The fourth-order valence-electron chi connectivity index (χ4n) is 4.35. The predicted octanol–water partition coefficient (Wildman–Crippen LogP) is 3.28. The van der Waals surface area contributed by atoms with Crippen LogP contribution in [0.4, 0.5) is 4.39 Å². The molecular formula is C26H28FN3O3. The van der Waals surface area contributed by atoms with Crippen LogP contribution in [0.25, 0.3) is 11.3 Å². The van der Waals surface area contributed by atoms with E-state index in [-0.39, 0.29) is 35.2 Å². The molecular weight excluding hydrogens is 421 g/mol. The molecule has 1 fully saturated rings. The van der Waals surface area contributed by atoms with Gasteiger partial charge in [0.2, 0.25) is 5.91 Å². The van der Waals surface area contributed by atoms with Crippen molar-refractivity contribution in [3.05, 3.63) is 88.7 Å². The molecule has 0 saturated carbocycles. The van der Waals surface area contributed by atoms with E-state index in [0.29, 0.717) is 32.4 Å². The minimum Gasteiger partial charge on any atom is -0.388 e. The van der Waals surface area contributed by atoms with Crippen LogP contribution >= 0.6 is 0 Å². The number of amides is 1. The van der Waals surface area contributed by atoms with Gasteiger partial charge in [-0.15, -0.1) is 0 Å². The number of carbonyl (C=O) groups excluding carboxylic acids is 1. The Morgan fingerprint density at radius 2 is 1.79 bits per heavy atom. The Hall–Kier alpha value is -3.32. The number of hydrogen-bond donors (Lipinski definition) is 1. The smallest absolute Gasteiger partial charge is 0.253 e. The van der Waals surface area contributed by atoms with Crippen LogP contribution in [0.2, 0.25) is 0 Å². The Morgan fingerprint density at radius 3 is 2.45 bits per heavy atom. The van der Waals surface area contributed by atoms with Crippen LogP contribution in [0, 0.1) is 11.7 Å². The van der Waals surface area contributed by atoms with E-state index >= 15 is 0 Å². The zero-order valence-corrected chi connectivity index (χ0v) is 18.7. The average Bonchev–Trinajstić information content (AvgIpc) is 2.81. The van der Waals surface area contributed by atoms with Gasteiger partial charge in [-0.05, 0) is 37.0 Å². The first-order valence-corrected chi connectivity index (χ1v) is 11.2. The Morgan fingerprint density at radius 1 is 1.12 bits per heavy atom. The molecule has 1 unspecified atom stereocenters. The van der Waals surface area contributed by atoms with Crippen LogP contribution in [-0.4, -0.2) is 44.2 Å². The Labute approximate surface area is 192 Å². The van der Waals surface area contributed by atoms with Crippen molar-refractivity contribution in [3.63, 3.8) is 0 Å². The molecule has 1 aliphatic rings. The second-order valence-corrected chi connectivity index (χ2v) is 8.86. The Balaban J connectivity index is 1.37. The number of aliphatic hydroxyl groups is 1. The molecule has 0 aliphatic carbocycles. The molecule has 172 valence electrons. The second kappa shape index (κ2) is 9.67. The van der Waals surface area contributed by atoms with Gasteiger partial charge in [0, 0.05) is 30.6 Å². The third kappa shape index (κ3) is 5.37. The summed E-state index contributed by atoms with van der Waals surface area (Å²) in [6.45, 7) is 2.88. The molecule has 33 heavy (non-hydrogen) atoms. The van der Waals surface area contributed by atoms with Crippen molar-refractivity contribution in [2.45, 2.75) is 38.3 Å². The van der Waals surface area contributed by atoms with Crippen LogP contribution in [0.3, 0.4) is 0 Å². The van der Waals surface area contributed by atoms with Gasteiger partial charge in [0.25, 0.3) is 5.56 Å². The summed E-state index contributed by atoms with van der Waals surface area (Å²) in [5.41, 5.74) is 0.181. The Bertz CT molecular complexity index is 1170. The number of likely N-dealkylation sites (tertiary alicyclic amines) is 1. The molecule has 1 saturated heterocycles. The van der Waals surface area contributed by atoms with Crippen molar-refractivity contribution < 1.29 is 14.3 Å². The maximum absolute atomic E-state index is 14.0. The normalized spacial score (nSPS) is 16.4. The maximum Gasteiger partial charge on any atom is 0.253 e. The average molecular weight is 450 g/mol. The second-order valence-electron chi connectivity index (χ2n) is 8.86. The monoisotopic (exact) mass is 449 g/mol. The fraction of sp³-hybridized carbons (Fsp3) is 0.346. The van der Waals surface area contributed by atoms with Crippen LogP contribution in [-0.2, 0) is 17.8 Å². The summed E-state index contributed by atoms with van der Waals surface area (Å²) in [4.78, 5) is 31.5. The van der Waals surface area contributed by atoms with E-state index in [1.54, 1.807) is 23.1 Å². The number of nitrogens with zero attached hydrogens (tertiary/aromatic N) is 3. The third-order valence-electron chi connectivity index (χ3n) is 6.31. The number of piperidine rings is 1. The summed E-state index contributed by atoms with van der Waals surface area (Å²) < 4.78 is 15.3. The quantitative estimate of drug-likeness (QED) is 0.627. The van der Waals surface area contributed by atoms with Gasteiger partial charge in [0.05, 0.1) is 24.2 Å². The summed E-state index contributed by atoms with van der Waals surface area (Å²) in [6.07, 6.45) is 2.77. The molecule has 1 N–H and O–H groups in total. The molecule has 1 amide bonds. The Kier molecular flexibility index (Phi) is 6.70. The first kappa shape index (κ1) is 22.9. The van der Waals surface area contributed by atoms with E-state index < -0.39 is 11.4 Å². The third-order valence-corrected chi connectivity index (χ3v) is 6.31. The highest BCUT2D eigenvalue weighted by Crippen LogP contribution is 2.26. The molecule has 7 heteroatoms. The minimum absolute atomic E-state index is 0.0778. The standard InChI is InChI=1S/C26H28FN3O3/c1-19(15-20-7-3-2-4-8-20)25(32)29-13-11-26(33,12-14-29)17-30-18-28-23(16-24(30)31)21-9-5-6-10-22(21)27/h2-10,16,18-19,33H,11-15,17H2,1H3. The van der Waals surface area contributed by atoms with Crippen molar-refractivity contribution in [1.29, 1.82) is 0 Å². The van der Waals surface area contributed by atoms with Crippen molar-refractivity contribution in [2.24, 2.45) is 5.92 Å². The predicted molar refractivity (Wildman–Crippen MR) is 124 cm³/mol. The molecule has 4 rings (SSSR count). The van der Waals surface area contributed by atoms with Gasteiger partial charge in [-0.1, -0.05) is 49.4 Å². The molecule has 1 aromatic heterocycles. The van der Waals surface area contributed by atoms with E-state index in [4.69, 9.17) is 0 Å². The van der Waals surface area contributed by atoms with Gasteiger partial charge in [0.15, 0.2) is 0 Å². The SMILES string of the molecule is CC(Cc1ccccc1)C(=O)N1CCC(O)(Cn2cnc(-c3ccccc3F)cc2=O)CC1. The molecule has 2 aromatic carbocycles. The maximum atomic E-state index is 14.0. The topological polar surface area (TPSA) is 75.4 Å². The van der Waals surface area contributed by atoms with Crippen LogP contribution in [0.5, 0.6) is 0 Å². The van der Waals surface area contributed by atoms with Gasteiger partial charge in [-0.25, -0.2) is 9.37 Å². The van der Waals surface area contributed by atoms with Gasteiger partial charge < -0.3 is 10.0 Å². The molecule has 0 bridgehead atoms. The van der Waals surface area contributed by atoms with Crippen LogP contribution in [0.15, 0.2) is 71.8 Å². The zero-order chi connectivity index (χ0) is 23.4. The molecule has 6 nitrogen and oxygen atoms in total. The summed E-state index contributed by atoms with van der Waals surface area (Å²) in [7, 11) is 0. The van der Waals surface area contributed by atoms with Crippen molar-refractivity contribution in [2.75, 3.05) is 13.1 Å². The van der Waals surface area contributed by atoms with Gasteiger partial charge in [-0.2, -0.15) is 0 Å². The zero-order valence-electron chi connectivity index (χ0n) is 18.7. The van der Waals surface area contributed by atoms with E-state index in [0.717, 1.165) is 5.56 Å². The minimum atomic E-state index is -1.11. The number of halogens is 1. The lowest BCUT2D eigenvalue weighted by Gasteiger charge is -2.39. The lowest BCUT2D eigenvalue weighted by molar-refractivity contribution is -0.139. The summed E-state index contributed by atoms with van der Waals surface area (Å²) in [5.74, 6) is -0.510. The van der Waals surface area contributed by atoms with Crippen molar-refractivity contribution in [1.82, 2.24) is 14.5 Å². The lowest BCUT2D eigenvalue weighted by Crippen LogP contribution is -2.50. The molecule has 1 atom stereocenters. The van der Waals surface area contributed by atoms with E-state index in [2.05, 4.69) is 4.98 Å². The van der Waals surface area contributed by atoms with Crippen LogP contribution < -0.4 is 5.56 Å². The number of aromatic nitrogens is 2.